The Morgan fingerprint density at radius 1 is 1.00 bits per heavy atom. The first kappa shape index (κ1) is 19.7. The van der Waals surface area contributed by atoms with Gasteiger partial charge < -0.3 is 10.1 Å². The maximum absolute atomic E-state index is 5.14. The standard InChI is InChI=1S/C14H15NOS.C3H8.ClH/c1-15-13-5-3-4-6-14(13)17-12-9-7-11(16-2)8-10-12;1-3-2;/h3-10,15H,1-2H3;3H2,1-2H3;1H. The third-order valence-electron chi connectivity index (χ3n) is 2.44. The fourth-order valence-electron chi connectivity index (χ4n) is 1.53. The van der Waals surface area contributed by atoms with E-state index in [1.807, 2.05) is 31.3 Å². The van der Waals surface area contributed by atoms with Crippen LogP contribution >= 0.6 is 24.2 Å². The Morgan fingerprint density at radius 2 is 1.57 bits per heavy atom. The molecule has 1 N–H and O–H groups in total. The van der Waals surface area contributed by atoms with Crippen molar-refractivity contribution in [3.63, 3.8) is 0 Å². The Bertz CT molecular complexity index is 502. The lowest BCUT2D eigenvalue weighted by Gasteiger charge is -2.08. The maximum Gasteiger partial charge on any atom is 0.118 e. The second-order valence-electron chi connectivity index (χ2n) is 4.23. The SMILES string of the molecule is CCC.CNc1ccccc1Sc1ccc(OC)cc1.Cl. The molecule has 2 aromatic carbocycles. The molecule has 0 bridgehead atoms. The maximum atomic E-state index is 5.14. The summed E-state index contributed by atoms with van der Waals surface area (Å²) in [7, 11) is 3.62. The van der Waals surface area contributed by atoms with Crippen molar-refractivity contribution in [2.45, 2.75) is 30.1 Å². The summed E-state index contributed by atoms with van der Waals surface area (Å²) < 4.78 is 5.14. The van der Waals surface area contributed by atoms with Crippen molar-refractivity contribution in [3.05, 3.63) is 48.5 Å². The van der Waals surface area contributed by atoms with E-state index in [9.17, 15) is 0 Å². The van der Waals surface area contributed by atoms with Gasteiger partial charge in [-0.25, -0.2) is 0 Å². The molecule has 0 atom stereocenters. The van der Waals surface area contributed by atoms with Crippen molar-refractivity contribution >= 4 is 29.9 Å². The van der Waals surface area contributed by atoms with Crippen LogP contribution < -0.4 is 10.1 Å². The Hall–Kier alpha value is -1.32. The molecule has 21 heavy (non-hydrogen) atoms. The Kier molecular flexibility index (Phi) is 10.6. The minimum absolute atomic E-state index is 0. The monoisotopic (exact) mass is 325 g/mol. The summed E-state index contributed by atoms with van der Waals surface area (Å²) in [6.07, 6.45) is 1.25. The lowest BCUT2D eigenvalue weighted by Crippen LogP contribution is -1.89. The van der Waals surface area contributed by atoms with Crippen LogP contribution in [-0.4, -0.2) is 14.2 Å². The van der Waals surface area contributed by atoms with Gasteiger partial charge >= 0.3 is 0 Å². The molecule has 2 nitrogen and oxygen atoms in total. The van der Waals surface area contributed by atoms with E-state index in [0.29, 0.717) is 0 Å². The van der Waals surface area contributed by atoms with E-state index in [2.05, 4.69) is 43.4 Å². The minimum atomic E-state index is 0. The lowest BCUT2D eigenvalue weighted by atomic mass is 10.3. The molecule has 2 aromatic rings. The second-order valence-corrected chi connectivity index (χ2v) is 5.35. The number of anilines is 1. The van der Waals surface area contributed by atoms with E-state index in [1.54, 1.807) is 18.9 Å². The van der Waals surface area contributed by atoms with Crippen molar-refractivity contribution in [1.29, 1.82) is 0 Å². The first-order valence-corrected chi connectivity index (χ1v) is 7.65. The summed E-state index contributed by atoms with van der Waals surface area (Å²) in [6, 6.07) is 16.4. The number of rotatable bonds is 4. The van der Waals surface area contributed by atoms with Gasteiger partial charge in [-0.3, -0.25) is 0 Å². The third-order valence-corrected chi connectivity index (χ3v) is 3.53. The molecule has 4 heteroatoms. The number of hydrogen-bond acceptors (Lipinski definition) is 3. The molecule has 116 valence electrons. The van der Waals surface area contributed by atoms with Crippen LogP contribution in [0.2, 0.25) is 0 Å². The van der Waals surface area contributed by atoms with Crippen molar-refractivity contribution in [2.24, 2.45) is 0 Å². The number of halogens is 1. The average Bonchev–Trinajstić information content (AvgIpc) is 2.49. The van der Waals surface area contributed by atoms with Crippen molar-refractivity contribution in [1.82, 2.24) is 0 Å². The molecule has 0 radical (unpaired) electrons. The highest BCUT2D eigenvalue weighted by atomic mass is 35.5. The zero-order valence-corrected chi connectivity index (χ0v) is 14.7. The first-order valence-electron chi connectivity index (χ1n) is 6.83. The van der Waals surface area contributed by atoms with E-state index in [0.717, 1.165) is 11.4 Å². The summed E-state index contributed by atoms with van der Waals surface area (Å²) in [5.74, 6) is 0.885. The number of benzene rings is 2. The van der Waals surface area contributed by atoms with Gasteiger partial charge in [0.25, 0.3) is 0 Å². The molecule has 0 aromatic heterocycles. The van der Waals surface area contributed by atoms with Crippen LogP contribution in [0.1, 0.15) is 20.3 Å². The van der Waals surface area contributed by atoms with Crippen molar-refractivity contribution < 1.29 is 4.74 Å². The van der Waals surface area contributed by atoms with Crippen LogP contribution in [0.15, 0.2) is 58.3 Å². The Morgan fingerprint density at radius 3 is 2.10 bits per heavy atom. The molecule has 0 amide bonds. The molecular formula is C17H24ClNOS. The van der Waals surface area contributed by atoms with Gasteiger partial charge in [-0.05, 0) is 36.4 Å². The fourth-order valence-corrected chi connectivity index (χ4v) is 2.49. The summed E-state index contributed by atoms with van der Waals surface area (Å²) in [5.41, 5.74) is 1.15. The molecule has 0 saturated heterocycles. The number of ether oxygens (including phenoxy) is 1. The largest absolute Gasteiger partial charge is 0.497 e. The Balaban J connectivity index is 0.000000922. The van der Waals surface area contributed by atoms with Crippen LogP contribution in [0.25, 0.3) is 0 Å². The number of hydrogen-bond donors (Lipinski definition) is 1. The fraction of sp³-hybridized carbons (Fsp3) is 0.294. The molecule has 0 unspecified atom stereocenters. The highest BCUT2D eigenvalue weighted by Gasteiger charge is 2.02. The summed E-state index contributed by atoms with van der Waals surface area (Å²) >= 11 is 1.74. The molecule has 2 rings (SSSR count). The van der Waals surface area contributed by atoms with Crippen molar-refractivity contribution in [2.75, 3.05) is 19.5 Å². The van der Waals surface area contributed by atoms with Gasteiger partial charge in [0, 0.05) is 22.5 Å². The molecule has 0 aliphatic rings. The van der Waals surface area contributed by atoms with Gasteiger partial charge in [0.2, 0.25) is 0 Å². The van der Waals surface area contributed by atoms with E-state index >= 15 is 0 Å². The number of nitrogens with one attached hydrogen (secondary N) is 1. The zero-order chi connectivity index (χ0) is 14.8. The van der Waals surface area contributed by atoms with E-state index in [4.69, 9.17) is 4.74 Å². The predicted octanol–water partition coefficient (Wildman–Crippen LogP) is 5.73. The topological polar surface area (TPSA) is 21.3 Å². The van der Waals surface area contributed by atoms with Gasteiger partial charge in [0.1, 0.15) is 5.75 Å². The van der Waals surface area contributed by atoms with Crippen LogP contribution in [-0.2, 0) is 0 Å². The van der Waals surface area contributed by atoms with Crippen LogP contribution in [0.3, 0.4) is 0 Å². The quantitative estimate of drug-likeness (QED) is 0.776. The predicted molar refractivity (Wildman–Crippen MR) is 96.3 cm³/mol. The molecule has 0 aliphatic heterocycles. The molecular weight excluding hydrogens is 302 g/mol. The second kappa shape index (κ2) is 11.4. The van der Waals surface area contributed by atoms with Crippen molar-refractivity contribution in [3.8, 4) is 5.75 Å². The zero-order valence-electron chi connectivity index (χ0n) is 13.1. The Labute approximate surface area is 138 Å². The highest BCUT2D eigenvalue weighted by Crippen LogP contribution is 2.33. The summed E-state index contributed by atoms with van der Waals surface area (Å²) in [5, 5.41) is 3.19. The molecule has 0 saturated carbocycles. The third kappa shape index (κ3) is 6.78. The normalized spacial score (nSPS) is 8.95. The van der Waals surface area contributed by atoms with E-state index < -0.39 is 0 Å². The minimum Gasteiger partial charge on any atom is -0.497 e. The molecule has 0 fully saturated rings. The lowest BCUT2D eigenvalue weighted by molar-refractivity contribution is 0.414. The van der Waals surface area contributed by atoms with Crippen LogP contribution in [0.5, 0.6) is 5.75 Å². The van der Waals surface area contributed by atoms with E-state index in [-0.39, 0.29) is 12.4 Å². The summed E-state index contributed by atoms with van der Waals surface area (Å²) in [6.45, 7) is 4.25. The van der Waals surface area contributed by atoms with Gasteiger partial charge in [0.15, 0.2) is 0 Å². The van der Waals surface area contributed by atoms with Gasteiger partial charge in [-0.15, -0.1) is 12.4 Å². The first-order chi connectivity index (χ1) is 9.74. The van der Waals surface area contributed by atoms with Gasteiger partial charge in [-0.1, -0.05) is 44.2 Å². The smallest absolute Gasteiger partial charge is 0.118 e. The van der Waals surface area contributed by atoms with Gasteiger partial charge in [0.05, 0.1) is 7.11 Å². The van der Waals surface area contributed by atoms with Gasteiger partial charge in [-0.2, -0.15) is 0 Å². The van der Waals surface area contributed by atoms with Crippen LogP contribution in [0.4, 0.5) is 5.69 Å². The highest BCUT2D eigenvalue weighted by molar-refractivity contribution is 7.99. The van der Waals surface area contributed by atoms with Crippen LogP contribution in [0, 0.1) is 0 Å². The average molecular weight is 326 g/mol. The molecule has 0 aliphatic carbocycles. The number of para-hydroxylation sites is 1. The summed E-state index contributed by atoms with van der Waals surface area (Å²) in [4.78, 5) is 2.42. The molecule has 0 spiro atoms. The number of methoxy groups -OCH3 is 1. The van der Waals surface area contributed by atoms with E-state index in [1.165, 1.54) is 16.2 Å². The molecule has 0 heterocycles.